The van der Waals surface area contributed by atoms with Crippen LogP contribution in [0.15, 0.2) is 27.6 Å². The van der Waals surface area contributed by atoms with Crippen molar-refractivity contribution in [2.45, 2.75) is 79.1 Å². The summed E-state index contributed by atoms with van der Waals surface area (Å²) in [5, 5.41) is 2.70. The summed E-state index contributed by atoms with van der Waals surface area (Å²) in [7, 11) is -3.59. The predicted octanol–water partition coefficient (Wildman–Crippen LogP) is 3.65. The molecule has 0 N–H and O–H groups in total. The van der Waals surface area contributed by atoms with Crippen LogP contribution in [0, 0.1) is 5.41 Å². The number of hydrogen-bond acceptors (Lipinski definition) is 11. The largest absolute Gasteiger partial charge is 0.466 e. The molecule has 248 valence electrons. The van der Waals surface area contributed by atoms with Crippen LogP contribution in [0.3, 0.4) is 0 Å². The molecule has 2 heterocycles. The Hall–Kier alpha value is -3.64. The zero-order chi connectivity index (χ0) is 35.1. The van der Waals surface area contributed by atoms with Gasteiger partial charge in [0.25, 0.3) is 0 Å². The summed E-state index contributed by atoms with van der Waals surface area (Å²) < 4.78 is 28.5. The SMILES string of the molecule is COC(=O)C1=CC(C)=NN(C(C)=O)P2(=C1C(=O)OC)C(=[N+]=[N-])C(O[Si](C)(C)C(C)(C)C)(C(C)(C)C)C(C(=O)OC)=C2C(=O)OC. The molecule has 0 aromatic rings. The molecule has 0 saturated carbocycles. The Balaban J connectivity index is 3.79. The van der Waals surface area contributed by atoms with Crippen LogP contribution in [0.2, 0.25) is 18.1 Å². The lowest BCUT2D eigenvalue weighted by molar-refractivity contribution is -0.141. The maximum atomic E-state index is 14.2. The van der Waals surface area contributed by atoms with Gasteiger partial charge >= 0.3 is 29.3 Å². The van der Waals surface area contributed by atoms with Crippen LogP contribution < -0.4 is 0 Å². The molecule has 2 aliphatic rings. The second kappa shape index (κ2) is 12.6. The zero-order valence-electron chi connectivity index (χ0n) is 28.4. The van der Waals surface area contributed by atoms with Crippen LogP contribution in [0.5, 0.6) is 0 Å². The molecule has 0 aliphatic carbocycles. The van der Waals surface area contributed by atoms with E-state index in [4.69, 9.17) is 23.4 Å². The van der Waals surface area contributed by atoms with Gasteiger partial charge in [0.05, 0.1) is 45.3 Å². The fourth-order valence-corrected chi connectivity index (χ4v) is 11.6. The number of amides is 1. The van der Waals surface area contributed by atoms with Gasteiger partial charge in [-0.15, -0.1) is 0 Å². The average Bonchev–Trinajstić information content (AvgIpc) is 3.10. The number of hydrogen-bond donors (Lipinski definition) is 0. The minimum absolute atomic E-state index is 0.0311. The summed E-state index contributed by atoms with van der Waals surface area (Å²) in [6.45, 7) is 17.1. The van der Waals surface area contributed by atoms with Crippen molar-refractivity contribution in [3.05, 3.63) is 28.1 Å². The highest BCUT2D eigenvalue weighted by atomic mass is 31.2. The van der Waals surface area contributed by atoms with E-state index in [2.05, 4.69) is 9.89 Å². The number of allylic oxidation sites excluding steroid dienone is 1. The Labute approximate surface area is 264 Å². The topological polar surface area (TPSA) is 183 Å². The van der Waals surface area contributed by atoms with E-state index in [9.17, 15) is 29.5 Å². The monoisotopic (exact) mass is 666 g/mol. The van der Waals surface area contributed by atoms with Crippen molar-refractivity contribution < 1.29 is 52.1 Å². The number of rotatable bonds is 6. The van der Waals surface area contributed by atoms with Crippen LogP contribution in [0.1, 0.15) is 55.4 Å². The van der Waals surface area contributed by atoms with Gasteiger partial charge in [-0.2, -0.15) is 14.7 Å². The Morgan fingerprint density at radius 3 is 1.76 bits per heavy atom. The molecule has 2 unspecified atom stereocenters. The first-order chi connectivity index (χ1) is 20.5. The molecule has 2 atom stereocenters. The average molecular weight is 667 g/mol. The van der Waals surface area contributed by atoms with E-state index in [0.29, 0.717) is 0 Å². The highest BCUT2D eigenvalue weighted by molar-refractivity contribution is 7.96. The van der Waals surface area contributed by atoms with Gasteiger partial charge in [0, 0.05) is 12.3 Å². The summed E-state index contributed by atoms with van der Waals surface area (Å²) >= 11 is 0. The Morgan fingerprint density at radius 1 is 0.889 bits per heavy atom. The van der Waals surface area contributed by atoms with E-state index in [0.717, 1.165) is 40.1 Å². The third-order valence-electron chi connectivity index (χ3n) is 8.20. The summed E-state index contributed by atoms with van der Waals surface area (Å²) in [6, 6.07) is 0. The molecule has 0 saturated heterocycles. The first-order valence-electron chi connectivity index (χ1n) is 13.9. The van der Waals surface area contributed by atoms with Crippen molar-refractivity contribution in [3.63, 3.8) is 0 Å². The number of methoxy groups -OCH3 is 4. The van der Waals surface area contributed by atoms with Gasteiger partial charge in [0.15, 0.2) is 21.0 Å². The molecule has 2 aliphatic heterocycles. The first kappa shape index (κ1) is 37.5. The highest BCUT2D eigenvalue weighted by Crippen LogP contribution is 2.74. The quantitative estimate of drug-likeness (QED) is 0.101. The Bertz CT molecular complexity index is 1550. The summed E-state index contributed by atoms with van der Waals surface area (Å²) in [6.07, 6.45) is 1.18. The van der Waals surface area contributed by atoms with Gasteiger partial charge in [0.2, 0.25) is 5.91 Å². The molecule has 0 aromatic heterocycles. The predicted molar refractivity (Wildman–Crippen MR) is 170 cm³/mol. The second-order valence-electron chi connectivity index (χ2n) is 13.0. The lowest BCUT2D eigenvalue weighted by atomic mass is 9.72. The molecule has 0 bridgehead atoms. The van der Waals surface area contributed by atoms with E-state index in [-0.39, 0.29) is 5.71 Å². The first-order valence-corrected chi connectivity index (χ1v) is 18.5. The molecule has 2 rings (SSSR count). The van der Waals surface area contributed by atoms with Gasteiger partial charge < -0.3 is 28.9 Å². The van der Waals surface area contributed by atoms with Crippen molar-refractivity contribution in [2.75, 3.05) is 28.4 Å². The minimum atomic E-state index is -4.70. The summed E-state index contributed by atoms with van der Waals surface area (Å²) in [4.78, 5) is 73.2. The highest BCUT2D eigenvalue weighted by Gasteiger charge is 2.76. The van der Waals surface area contributed by atoms with Gasteiger partial charge in [-0.3, -0.25) is 4.79 Å². The molecule has 1 spiro atoms. The van der Waals surface area contributed by atoms with Crippen LogP contribution in [0.25, 0.3) is 5.53 Å². The molecule has 0 aromatic carbocycles. The molecule has 16 heteroatoms. The molecule has 45 heavy (non-hydrogen) atoms. The van der Waals surface area contributed by atoms with E-state index in [1.54, 1.807) is 20.8 Å². The normalized spacial score (nSPS) is 22.3. The van der Waals surface area contributed by atoms with Crippen LogP contribution in [-0.2, 0) is 47.3 Å². The third kappa shape index (κ3) is 5.67. The minimum Gasteiger partial charge on any atom is -0.466 e. The van der Waals surface area contributed by atoms with E-state index >= 15 is 0 Å². The van der Waals surface area contributed by atoms with Crippen LogP contribution in [-0.4, -0.2) is 98.2 Å². The molecular formula is C29H43N4O10PSi. The lowest BCUT2D eigenvalue weighted by Crippen LogP contribution is -2.61. The fourth-order valence-electron chi connectivity index (χ4n) is 5.16. The Kier molecular flexibility index (Phi) is 10.5. The van der Waals surface area contributed by atoms with Crippen molar-refractivity contribution in [1.82, 2.24) is 4.78 Å². The van der Waals surface area contributed by atoms with Gasteiger partial charge in [0.1, 0.15) is 10.6 Å². The molecule has 0 radical (unpaired) electrons. The van der Waals surface area contributed by atoms with E-state index < -0.39 is 88.4 Å². The molecule has 0 fully saturated rings. The van der Waals surface area contributed by atoms with E-state index in [1.807, 2.05) is 33.9 Å². The summed E-state index contributed by atoms with van der Waals surface area (Å²) in [5.41, 5.74) is 6.34. The number of hydrazone groups is 1. The van der Waals surface area contributed by atoms with Gasteiger partial charge in [-0.25, -0.2) is 19.2 Å². The fraction of sp³-hybridized carbons (Fsp3) is 0.586. The Morgan fingerprint density at radius 2 is 1.38 bits per heavy atom. The number of carbonyl (C=O) groups is 5. The zero-order valence-corrected chi connectivity index (χ0v) is 30.3. The van der Waals surface area contributed by atoms with Crippen molar-refractivity contribution >= 4 is 61.6 Å². The maximum Gasteiger partial charge on any atom is 0.348 e. The van der Waals surface area contributed by atoms with Crippen molar-refractivity contribution in [2.24, 2.45) is 10.5 Å². The van der Waals surface area contributed by atoms with Crippen LogP contribution >= 0.6 is 7.04 Å². The second-order valence-corrected chi connectivity index (χ2v) is 20.7. The van der Waals surface area contributed by atoms with E-state index in [1.165, 1.54) is 13.0 Å². The third-order valence-corrected chi connectivity index (χ3v) is 16.7. The number of carbonyl (C=O) groups excluding carboxylic acids is 5. The standard InChI is InChI=1S/C29H43N4O10PSi/c1-16-15-18(22(35)39-9)20(24(37)41-11)44(33(32-16)17(2)34)21(25(38)42-12)19(23(36)40-10)29(26(44)31-30,27(3,4)5)43-45(13,14)28(6,7)8/h15H,1-14H3. The molecular weight excluding hydrogens is 623 g/mol. The van der Waals surface area contributed by atoms with Crippen molar-refractivity contribution in [3.8, 4) is 0 Å². The molecule has 1 amide bonds. The maximum absolute atomic E-state index is 14.2. The van der Waals surface area contributed by atoms with Crippen molar-refractivity contribution in [1.29, 1.82) is 0 Å². The number of nitrogens with zero attached hydrogens (tertiary/aromatic N) is 4. The summed E-state index contributed by atoms with van der Waals surface area (Å²) in [5.74, 6) is -5.38. The number of esters is 4. The number of ether oxygens (including phenoxy) is 4. The van der Waals surface area contributed by atoms with Gasteiger partial charge in [-0.05, 0) is 31.1 Å². The van der Waals surface area contributed by atoms with Crippen LogP contribution in [0.4, 0.5) is 0 Å². The van der Waals surface area contributed by atoms with Gasteiger partial charge in [-0.1, -0.05) is 41.5 Å². The lowest BCUT2D eigenvalue weighted by Gasteiger charge is -2.48. The molecule has 14 nitrogen and oxygen atoms in total. The smallest absolute Gasteiger partial charge is 0.348 e.